The lowest BCUT2D eigenvalue weighted by atomic mass is 10.2. The molecule has 0 unspecified atom stereocenters. The Hall–Kier alpha value is -1.70. The van der Waals surface area contributed by atoms with Gasteiger partial charge < -0.3 is 9.47 Å². The van der Waals surface area contributed by atoms with Gasteiger partial charge in [0.2, 0.25) is 4.58 Å². The monoisotopic (exact) mass is 416 g/mol. The first-order valence-corrected chi connectivity index (χ1v) is 9.02. The van der Waals surface area contributed by atoms with E-state index in [-0.39, 0.29) is 5.75 Å². The van der Waals surface area contributed by atoms with Gasteiger partial charge in [-0.05, 0) is 18.2 Å². The summed E-state index contributed by atoms with van der Waals surface area (Å²) in [5.74, 6) is -1.19. The minimum absolute atomic E-state index is 0.379. The molecule has 14 heteroatoms. The van der Waals surface area contributed by atoms with Crippen molar-refractivity contribution in [3.63, 3.8) is 0 Å². The number of methoxy groups -OCH3 is 2. The van der Waals surface area contributed by atoms with Gasteiger partial charge in [-0.2, -0.15) is 26.3 Å². The fourth-order valence-corrected chi connectivity index (χ4v) is 5.28. The van der Waals surface area contributed by atoms with Gasteiger partial charge in [0.25, 0.3) is 19.7 Å². The van der Waals surface area contributed by atoms with Gasteiger partial charge in [0.05, 0.1) is 14.2 Å². The summed E-state index contributed by atoms with van der Waals surface area (Å²) in [4.78, 5) is 0. The van der Waals surface area contributed by atoms with Crippen LogP contribution in [0, 0.1) is 0 Å². The molecule has 6 nitrogen and oxygen atoms in total. The molecule has 0 aromatic heterocycles. The number of benzene rings is 1. The summed E-state index contributed by atoms with van der Waals surface area (Å²) < 4.78 is 128. The van der Waals surface area contributed by atoms with E-state index in [9.17, 15) is 43.2 Å². The molecule has 1 aromatic rings. The number of hydrogen-bond acceptors (Lipinski definition) is 6. The summed E-state index contributed by atoms with van der Waals surface area (Å²) in [6, 6.07) is 2.22. The molecule has 0 fully saturated rings. The van der Waals surface area contributed by atoms with Crippen LogP contribution in [0.15, 0.2) is 18.2 Å². The normalized spacial score (nSPS) is 13.8. The van der Waals surface area contributed by atoms with E-state index in [4.69, 9.17) is 0 Å². The molecule has 1 aromatic carbocycles. The maximum absolute atomic E-state index is 12.8. The Morgan fingerprint density at radius 1 is 0.840 bits per heavy atom. The van der Waals surface area contributed by atoms with Gasteiger partial charge in [0.15, 0.2) is 0 Å². The number of halogens is 6. The van der Waals surface area contributed by atoms with Crippen molar-refractivity contribution in [2.45, 2.75) is 15.6 Å². The molecule has 0 N–H and O–H groups in total. The van der Waals surface area contributed by atoms with Crippen molar-refractivity contribution < 1.29 is 52.7 Å². The minimum Gasteiger partial charge on any atom is -0.497 e. The lowest BCUT2D eigenvalue weighted by Gasteiger charge is -2.23. The zero-order valence-corrected chi connectivity index (χ0v) is 14.0. The summed E-state index contributed by atoms with van der Waals surface area (Å²) >= 11 is 0. The van der Waals surface area contributed by atoms with Crippen molar-refractivity contribution in [1.82, 2.24) is 0 Å². The molecule has 0 bridgehead atoms. The van der Waals surface area contributed by atoms with Crippen LogP contribution in [0.3, 0.4) is 0 Å². The Balaban J connectivity index is 3.96. The Kier molecular flexibility index (Phi) is 5.59. The van der Waals surface area contributed by atoms with Crippen molar-refractivity contribution in [3.8, 4) is 11.5 Å². The molecular weight excluding hydrogens is 406 g/mol. The van der Waals surface area contributed by atoms with Crippen molar-refractivity contribution in [1.29, 1.82) is 0 Å². The average molecular weight is 416 g/mol. The summed E-state index contributed by atoms with van der Waals surface area (Å²) in [6.45, 7) is 0. The van der Waals surface area contributed by atoms with Gasteiger partial charge in [-0.1, -0.05) is 0 Å². The SMILES string of the molecule is COc1ccc(OC)c(C(S(=O)(=O)C(F)(F)F)S(=O)(=O)C(F)(F)F)c1. The third kappa shape index (κ3) is 3.78. The molecule has 1 rings (SSSR count). The van der Waals surface area contributed by atoms with Crippen LogP contribution in [0.1, 0.15) is 10.1 Å². The summed E-state index contributed by atoms with van der Waals surface area (Å²) in [7, 11) is -11.9. The van der Waals surface area contributed by atoms with E-state index in [2.05, 4.69) is 9.47 Å². The Bertz CT molecular complexity index is 797. The second-order valence-corrected chi connectivity index (χ2v) is 8.77. The zero-order valence-electron chi connectivity index (χ0n) is 12.3. The van der Waals surface area contributed by atoms with Crippen LogP contribution in [-0.4, -0.2) is 42.1 Å². The molecule has 0 aliphatic heterocycles. The van der Waals surface area contributed by atoms with Gasteiger partial charge >= 0.3 is 11.0 Å². The molecule has 0 radical (unpaired) electrons. The van der Waals surface area contributed by atoms with E-state index in [1.165, 1.54) is 0 Å². The fourth-order valence-electron chi connectivity index (χ4n) is 1.77. The van der Waals surface area contributed by atoms with Crippen LogP contribution >= 0.6 is 0 Å². The fraction of sp³-hybridized carbons (Fsp3) is 0.455. The molecule has 0 spiro atoms. The predicted octanol–water partition coefficient (Wildman–Crippen LogP) is 2.57. The smallest absolute Gasteiger partial charge is 0.497 e. The number of hydrogen-bond donors (Lipinski definition) is 0. The van der Waals surface area contributed by atoms with Crippen LogP contribution in [0.2, 0.25) is 0 Å². The number of ether oxygens (including phenoxy) is 2. The molecule has 0 atom stereocenters. The first-order chi connectivity index (χ1) is 11.1. The molecule has 0 heterocycles. The Morgan fingerprint density at radius 3 is 1.60 bits per heavy atom. The molecule has 0 saturated heterocycles. The van der Waals surface area contributed by atoms with Gasteiger partial charge in [-0.15, -0.1) is 0 Å². The molecule has 144 valence electrons. The van der Waals surface area contributed by atoms with Crippen LogP contribution in [-0.2, 0) is 19.7 Å². The molecule has 0 saturated carbocycles. The Labute approximate surface area is 138 Å². The molecule has 0 aliphatic carbocycles. The second-order valence-electron chi connectivity index (χ2n) is 4.42. The van der Waals surface area contributed by atoms with Crippen molar-refractivity contribution in [2.75, 3.05) is 14.2 Å². The van der Waals surface area contributed by atoms with Crippen molar-refractivity contribution in [2.24, 2.45) is 0 Å². The lowest BCUT2D eigenvalue weighted by Crippen LogP contribution is -2.39. The highest BCUT2D eigenvalue weighted by Gasteiger charge is 2.64. The summed E-state index contributed by atoms with van der Waals surface area (Å²) in [6.07, 6.45) is 0. The van der Waals surface area contributed by atoms with Gasteiger partial charge in [-0.3, -0.25) is 0 Å². The zero-order chi connectivity index (χ0) is 19.8. The highest BCUT2D eigenvalue weighted by atomic mass is 32.3. The maximum Gasteiger partial charge on any atom is 0.499 e. The number of sulfone groups is 2. The van der Waals surface area contributed by atoms with Crippen LogP contribution < -0.4 is 9.47 Å². The van der Waals surface area contributed by atoms with Crippen molar-refractivity contribution >= 4 is 19.7 Å². The van der Waals surface area contributed by atoms with Gasteiger partial charge in [0, 0.05) is 5.56 Å². The van der Waals surface area contributed by atoms with Crippen LogP contribution in [0.25, 0.3) is 0 Å². The van der Waals surface area contributed by atoms with Crippen molar-refractivity contribution in [3.05, 3.63) is 23.8 Å². The topological polar surface area (TPSA) is 86.7 Å². The lowest BCUT2D eigenvalue weighted by molar-refractivity contribution is -0.0472. The van der Waals surface area contributed by atoms with E-state index in [0.29, 0.717) is 6.07 Å². The third-order valence-corrected chi connectivity index (χ3v) is 7.35. The molecule has 0 amide bonds. The molecule has 0 aliphatic rings. The second kappa shape index (κ2) is 6.55. The first kappa shape index (κ1) is 21.3. The first-order valence-electron chi connectivity index (χ1n) is 5.93. The van der Waals surface area contributed by atoms with Gasteiger partial charge in [0.1, 0.15) is 11.5 Å². The van der Waals surface area contributed by atoms with Crippen LogP contribution in [0.5, 0.6) is 11.5 Å². The number of rotatable bonds is 5. The van der Waals surface area contributed by atoms with E-state index < -0.39 is 46.6 Å². The molecular formula is C11H10F6O6S2. The van der Waals surface area contributed by atoms with E-state index in [1.807, 2.05) is 0 Å². The third-order valence-electron chi connectivity index (χ3n) is 2.90. The maximum atomic E-state index is 12.8. The summed E-state index contributed by atoms with van der Waals surface area (Å²) in [5, 5.41) is 0. The summed E-state index contributed by atoms with van der Waals surface area (Å²) in [5.41, 5.74) is -13.9. The highest BCUT2D eigenvalue weighted by molar-refractivity contribution is 8.09. The van der Waals surface area contributed by atoms with Crippen LogP contribution in [0.4, 0.5) is 26.3 Å². The number of alkyl halides is 6. The Morgan fingerprint density at radius 2 is 1.28 bits per heavy atom. The quantitative estimate of drug-likeness (QED) is 0.686. The average Bonchev–Trinajstić information content (AvgIpc) is 2.44. The van der Waals surface area contributed by atoms with Gasteiger partial charge in [-0.25, -0.2) is 16.8 Å². The highest BCUT2D eigenvalue weighted by Crippen LogP contribution is 2.47. The van der Waals surface area contributed by atoms with E-state index >= 15 is 0 Å². The molecule has 25 heavy (non-hydrogen) atoms. The minimum atomic E-state index is -6.83. The standard InChI is InChI=1S/C11H10F6O6S2/c1-22-6-3-4-8(23-2)7(5-6)9(24(18,19)10(12,13)14)25(20,21)11(15,16)17/h3-5,9H,1-2H3. The predicted molar refractivity (Wildman–Crippen MR) is 72.2 cm³/mol. The van der Waals surface area contributed by atoms with E-state index in [0.717, 1.165) is 26.4 Å². The van der Waals surface area contributed by atoms with E-state index in [1.54, 1.807) is 0 Å². The largest absolute Gasteiger partial charge is 0.499 e.